The molecule has 0 aromatic rings. The van der Waals surface area contributed by atoms with E-state index in [-0.39, 0.29) is 17.7 Å². The van der Waals surface area contributed by atoms with Crippen LogP contribution in [0.2, 0.25) is 0 Å². The predicted octanol–water partition coefficient (Wildman–Crippen LogP) is 2.43. The molecule has 0 heterocycles. The molecule has 96 valence electrons. The van der Waals surface area contributed by atoms with Crippen LogP contribution in [-0.2, 0) is 9.59 Å². The number of carboxylic acid groups (broad SMARTS) is 1. The maximum atomic E-state index is 11.2. The molecule has 0 radical (unpaired) electrons. The molecule has 0 aromatic carbocycles. The Bertz CT molecular complexity index is 207. The fraction of sp³-hybridized carbons (Fsp3) is 0.833. The summed E-state index contributed by atoms with van der Waals surface area (Å²) in [4.78, 5) is 21.3. The van der Waals surface area contributed by atoms with Crippen molar-refractivity contribution in [2.75, 3.05) is 6.54 Å². The molecule has 0 spiro atoms. The maximum absolute atomic E-state index is 11.2. The van der Waals surface area contributed by atoms with Gasteiger partial charge in [-0.05, 0) is 11.8 Å². The zero-order chi connectivity index (χ0) is 13.2. The minimum Gasteiger partial charge on any atom is -0.481 e. The van der Waals surface area contributed by atoms with E-state index in [2.05, 4.69) is 5.32 Å². The van der Waals surface area contributed by atoms with Crippen molar-refractivity contribution in [3.8, 4) is 0 Å². The Balaban J connectivity index is 0. The van der Waals surface area contributed by atoms with E-state index in [0.29, 0.717) is 19.4 Å². The van der Waals surface area contributed by atoms with Crippen molar-refractivity contribution in [3.05, 3.63) is 0 Å². The third kappa shape index (κ3) is 15.4. The van der Waals surface area contributed by atoms with Gasteiger partial charge in [-0.25, -0.2) is 0 Å². The average Bonchev–Trinajstić information content (AvgIpc) is 2.16. The lowest BCUT2D eigenvalue weighted by atomic mass is 9.97. The van der Waals surface area contributed by atoms with Gasteiger partial charge in [0.25, 0.3) is 0 Å². The Morgan fingerprint density at radius 2 is 1.62 bits per heavy atom. The van der Waals surface area contributed by atoms with Crippen molar-refractivity contribution in [2.45, 2.75) is 53.9 Å². The molecule has 0 unspecified atom stereocenters. The summed E-state index contributed by atoms with van der Waals surface area (Å²) in [6.45, 7) is 10.7. The summed E-state index contributed by atoms with van der Waals surface area (Å²) < 4.78 is 0. The highest BCUT2D eigenvalue weighted by molar-refractivity contribution is 5.76. The van der Waals surface area contributed by atoms with Gasteiger partial charge in [0.2, 0.25) is 5.91 Å². The first-order valence-electron chi connectivity index (χ1n) is 5.80. The predicted molar refractivity (Wildman–Crippen MR) is 65.3 cm³/mol. The molecule has 0 aromatic heterocycles. The van der Waals surface area contributed by atoms with Gasteiger partial charge in [0, 0.05) is 19.4 Å². The van der Waals surface area contributed by atoms with Gasteiger partial charge >= 0.3 is 5.97 Å². The van der Waals surface area contributed by atoms with Gasteiger partial charge in [0.15, 0.2) is 0 Å². The van der Waals surface area contributed by atoms with Gasteiger partial charge in [0.1, 0.15) is 0 Å². The second kappa shape index (κ2) is 9.19. The summed E-state index contributed by atoms with van der Waals surface area (Å²) in [6.07, 6.45) is 0.761. The van der Waals surface area contributed by atoms with Crippen LogP contribution in [0, 0.1) is 5.41 Å². The van der Waals surface area contributed by atoms with Crippen LogP contribution in [-0.4, -0.2) is 23.5 Å². The number of hydrogen-bond donors (Lipinski definition) is 2. The molecule has 0 aliphatic carbocycles. The van der Waals surface area contributed by atoms with Gasteiger partial charge in [-0.15, -0.1) is 0 Å². The molecule has 2 N–H and O–H groups in total. The van der Waals surface area contributed by atoms with E-state index >= 15 is 0 Å². The summed E-state index contributed by atoms with van der Waals surface area (Å²) in [6, 6.07) is 0. The topological polar surface area (TPSA) is 66.4 Å². The fourth-order valence-electron chi connectivity index (χ4n) is 0.852. The monoisotopic (exact) mass is 231 g/mol. The minimum atomic E-state index is -0.853. The van der Waals surface area contributed by atoms with Crippen LogP contribution in [0.25, 0.3) is 0 Å². The lowest BCUT2D eigenvalue weighted by molar-refractivity contribution is -0.137. The van der Waals surface area contributed by atoms with E-state index < -0.39 is 5.97 Å². The highest BCUT2D eigenvalue weighted by Crippen LogP contribution is 2.10. The summed E-state index contributed by atoms with van der Waals surface area (Å²) in [5.74, 6) is -0.921. The molecule has 0 aliphatic heterocycles. The van der Waals surface area contributed by atoms with Crippen molar-refractivity contribution in [1.29, 1.82) is 0 Å². The van der Waals surface area contributed by atoms with Crippen molar-refractivity contribution in [2.24, 2.45) is 5.41 Å². The third-order valence-corrected chi connectivity index (χ3v) is 1.61. The average molecular weight is 231 g/mol. The number of carbonyl (C=O) groups excluding carboxylic acids is 1. The van der Waals surface area contributed by atoms with Crippen molar-refractivity contribution in [1.82, 2.24) is 5.32 Å². The number of hydrogen-bond acceptors (Lipinski definition) is 2. The molecular weight excluding hydrogens is 206 g/mol. The van der Waals surface area contributed by atoms with E-state index in [4.69, 9.17) is 5.11 Å². The number of carboxylic acids is 1. The Hall–Kier alpha value is -1.06. The SMILES string of the molecule is CC.CC(C)(C)CNC(=O)CCCC(=O)O. The second-order valence-corrected chi connectivity index (χ2v) is 4.58. The quantitative estimate of drug-likeness (QED) is 0.763. The maximum Gasteiger partial charge on any atom is 0.303 e. The van der Waals surface area contributed by atoms with Crippen molar-refractivity contribution in [3.63, 3.8) is 0 Å². The summed E-state index contributed by atoms with van der Waals surface area (Å²) in [5.41, 5.74) is 0.0719. The van der Waals surface area contributed by atoms with Gasteiger partial charge in [-0.2, -0.15) is 0 Å². The van der Waals surface area contributed by atoms with E-state index in [0.717, 1.165) is 0 Å². The molecule has 4 heteroatoms. The lowest BCUT2D eigenvalue weighted by Gasteiger charge is -2.18. The van der Waals surface area contributed by atoms with Crippen LogP contribution in [0.5, 0.6) is 0 Å². The second-order valence-electron chi connectivity index (χ2n) is 4.58. The number of amides is 1. The standard InChI is InChI=1S/C10H19NO3.C2H6/c1-10(2,3)7-11-8(12)5-4-6-9(13)14;1-2/h4-7H2,1-3H3,(H,11,12)(H,13,14);1-2H3. The van der Waals surface area contributed by atoms with Crippen LogP contribution in [0.3, 0.4) is 0 Å². The van der Waals surface area contributed by atoms with Gasteiger partial charge in [0.05, 0.1) is 0 Å². The highest BCUT2D eigenvalue weighted by Gasteiger charge is 2.11. The molecule has 0 aliphatic rings. The summed E-state index contributed by atoms with van der Waals surface area (Å²) in [5, 5.41) is 11.1. The molecule has 0 bridgehead atoms. The molecule has 4 nitrogen and oxygen atoms in total. The normalized spacial score (nSPS) is 10.1. The number of carbonyl (C=O) groups is 2. The first-order valence-corrected chi connectivity index (χ1v) is 5.80. The molecule has 0 rings (SSSR count). The number of nitrogens with one attached hydrogen (secondary N) is 1. The lowest BCUT2D eigenvalue weighted by Crippen LogP contribution is -2.32. The molecule has 16 heavy (non-hydrogen) atoms. The van der Waals surface area contributed by atoms with Gasteiger partial charge in [-0.1, -0.05) is 34.6 Å². The zero-order valence-electron chi connectivity index (χ0n) is 11.1. The van der Waals surface area contributed by atoms with E-state index in [1.807, 2.05) is 34.6 Å². The fourth-order valence-corrected chi connectivity index (χ4v) is 0.852. The first kappa shape index (κ1) is 17.3. The van der Waals surface area contributed by atoms with Crippen LogP contribution in [0.4, 0.5) is 0 Å². The molecular formula is C12H25NO3. The Morgan fingerprint density at radius 1 is 1.12 bits per heavy atom. The van der Waals surface area contributed by atoms with E-state index in [9.17, 15) is 9.59 Å². The molecule has 0 atom stereocenters. The van der Waals surface area contributed by atoms with Gasteiger partial charge in [-0.3, -0.25) is 9.59 Å². The number of aliphatic carboxylic acids is 1. The number of rotatable bonds is 5. The van der Waals surface area contributed by atoms with Crippen LogP contribution in [0.15, 0.2) is 0 Å². The Kier molecular flexibility index (Phi) is 9.96. The molecule has 1 amide bonds. The minimum absolute atomic E-state index is 0.0585. The Labute approximate surface area is 98.4 Å². The van der Waals surface area contributed by atoms with Crippen molar-refractivity contribution < 1.29 is 14.7 Å². The third-order valence-electron chi connectivity index (χ3n) is 1.61. The molecule has 0 saturated heterocycles. The van der Waals surface area contributed by atoms with Crippen molar-refractivity contribution >= 4 is 11.9 Å². The first-order chi connectivity index (χ1) is 7.31. The molecule has 0 saturated carbocycles. The Morgan fingerprint density at radius 3 is 2.00 bits per heavy atom. The van der Waals surface area contributed by atoms with Crippen LogP contribution >= 0.6 is 0 Å². The molecule has 0 fully saturated rings. The van der Waals surface area contributed by atoms with Crippen LogP contribution in [0.1, 0.15) is 53.9 Å². The zero-order valence-corrected chi connectivity index (χ0v) is 11.1. The smallest absolute Gasteiger partial charge is 0.303 e. The largest absolute Gasteiger partial charge is 0.481 e. The highest BCUT2D eigenvalue weighted by atomic mass is 16.4. The summed E-state index contributed by atoms with van der Waals surface area (Å²) in [7, 11) is 0. The van der Waals surface area contributed by atoms with E-state index in [1.54, 1.807) is 0 Å². The van der Waals surface area contributed by atoms with Crippen LogP contribution < -0.4 is 5.32 Å². The van der Waals surface area contributed by atoms with E-state index in [1.165, 1.54) is 0 Å². The van der Waals surface area contributed by atoms with Gasteiger partial charge < -0.3 is 10.4 Å². The summed E-state index contributed by atoms with van der Waals surface area (Å²) >= 11 is 0.